The zero-order chi connectivity index (χ0) is 13.7. The highest BCUT2D eigenvalue weighted by Crippen LogP contribution is 2.25. The molecule has 0 aliphatic rings. The van der Waals surface area contributed by atoms with E-state index >= 15 is 0 Å². The van der Waals surface area contributed by atoms with Crippen molar-refractivity contribution in [1.82, 2.24) is 5.32 Å². The SMILES string of the molecule is Cc1c(N)cccc1SCC(=O)NCc1ccco1. The van der Waals surface area contributed by atoms with Crippen molar-refractivity contribution in [1.29, 1.82) is 0 Å². The van der Waals surface area contributed by atoms with E-state index in [0.29, 0.717) is 12.3 Å². The van der Waals surface area contributed by atoms with Crippen molar-refractivity contribution in [3.05, 3.63) is 47.9 Å². The number of anilines is 1. The number of rotatable bonds is 5. The molecule has 2 rings (SSSR count). The molecule has 0 bridgehead atoms. The van der Waals surface area contributed by atoms with Gasteiger partial charge in [-0.25, -0.2) is 0 Å². The average molecular weight is 276 g/mol. The molecule has 0 aliphatic carbocycles. The maximum atomic E-state index is 11.7. The third-order valence-corrected chi connectivity index (χ3v) is 3.88. The third-order valence-electron chi connectivity index (χ3n) is 2.72. The first-order valence-corrected chi connectivity index (χ1v) is 6.92. The smallest absolute Gasteiger partial charge is 0.230 e. The van der Waals surface area contributed by atoms with Gasteiger partial charge in [-0.15, -0.1) is 11.8 Å². The molecule has 0 saturated heterocycles. The summed E-state index contributed by atoms with van der Waals surface area (Å²) in [5, 5.41) is 2.80. The van der Waals surface area contributed by atoms with Gasteiger partial charge in [-0.2, -0.15) is 0 Å². The summed E-state index contributed by atoms with van der Waals surface area (Å²) in [6.45, 7) is 2.38. The summed E-state index contributed by atoms with van der Waals surface area (Å²) in [7, 11) is 0. The summed E-state index contributed by atoms with van der Waals surface area (Å²) >= 11 is 1.48. The molecule has 0 unspecified atom stereocenters. The van der Waals surface area contributed by atoms with Crippen LogP contribution < -0.4 is 11.1 Å². The molecule has 0 fully saturated rings. The van der Waals surface area contributed by atoms with Crippen molar-refractivity contribution in [2.24, 2.45) is 0 Å². The van der Waals surface area contributed by atoms with Crippen LogP contribution >= 0.6 is 11.8 Å². The number of benzene rings is 1. The van der Waals surface area contributed by atoms with Crippen LogP contribution in [0.1, 0.15) is 11.3 Å². The van der Waals surface area contributed by atoms with E-state index in [1.807, 2.05) is 31.2 Å². The minimum atomic E-state index is -0.0248. The maximum absolute atomic E-state index is 11.7. The minimum absolute atomic E-state index is 0.0248. The van der Waals surface area contributed by atoms with Gasteiger partial charge in [0, 0.05) is 10.6 Å². The highest BCUT2D eigenvalue weighted by atomic mass is 32.2. The number of thioether (sulfide) groups is 1. The van der Waals surface area contributed by atoms with Gasteiger partial charge in [0.25, 0.3) is 0 Å². The molecule has 1 aromatic carbocycles. The van der Waals surface area contributed by atoms with Gasteiger partial charge in [0.05, 0.1) is 18.6 Å². The monoisotopic (exact) mass is 276 g/mol. The summed E-state index contributed by atoms with van der Waals surface area (Å²) in [4.78, 5) is 12.7. The number of carbonyl (C=O) groups excluding carboxylic acids is 1. The van der Waals surface area contributed by atoms with Gasteiger partial charge in [0.1, 0.15) is 5.76 Å². The molecule has 19 heavy (non-hydrogen) atoms. The lowest BCUT2D eigenvalue weighted by molar-refractivity contribution is -0.118. The fraction of sp³-hybridized carbons (Fsp3) is 0.214. The number of hydrogen-bond acceptors (Lipinski definition) is 4. The minimum Gasteiger partial charge on any atom is -0.467 e. The lowest BCUT2D eigenvalue weighted by Crippen LogP contribution is -2.24. The second-order valence-electron chi connectivity index (χ2n) is 4.12. The van der Waals surface area contributed by atoms with Gasteiger partial charge in [-0.05, 0) is 36.8 Å². The standard InChI is InChI=1S/C14H16N2O2S/c1-10-12(15)5-2-6-13(10)19-9-14(17)16-8-11-4-3-7-18-11/h2-7H,8-9,15H2,1H3,(H,16,17). The molecule has 1 amide bonds. The highest BCUT2D eigenvalue weighted by molar-refractivity contribution is 8.00. The summed E-state index contributed by atoms with van der Waals surface area (Å²) in [5.41, 5.74) is 7.59. The van der Waals surface area contributed by atoms with E-state index in [-0.39, 0.29) is 5.91 Å². The molecule has 100 valence electrons. The van der Waals surface area contributed by atoms with Crippen molar-refractivity contribution >= 4 is 23.4 Å². The maximum Gasteiger partial charge on any atom is 0.230 e. The van der Waals surface area contributed by atoms with E-state index in [9.17, 15) is 4.79 Å². The van der Waals surface area contributed by atoms with Crippen LogP contribution in [0.25, 0.3) is 0 Å². The van der Waals surface area contributed by atoms with Gasteiger partial charge >= 0.3 is 0 Å². The van der Waals surface area contributed by atoms with E-state index in [0.717, 1.165) is 21.9 Å². The van der Waals surface area contributed by atoms with Crippen LogP contribution in [-0.4, -0.2) is 11.7 Å². The summed E-state index contributed by atoms with van der Waals surface area (Å²) in [6.07, 6.45) is 1.59. The van der Waals surface area contributed by atoms with Gasteiger partial charge < -0.3 is 15.5 Å². The second-order valence-corrected chi connectivity index (χ2v) is 5.13. The number of nitrogen functional groups attached to an aromatic ring is 1. The van der Waals surface area contributed by atoms with Crippen LogP contribution in [0.4, 0.5) is 5.69 Å². The van der Waals surface area contributed by atoms with Crippen molar-refractivity contribution in [3.63, 3.8) is 0 Å². The molecule has 0 aliphatic heterocycles. The Morgan fingerprint density at radius 3 is 2.95 bits per heavy atom. The normalized spacial score (nSPS) is 10.4. The Kier molecular flexibility index (Phi) is 4.52. The molecule has 2 aromatic rings. The van der Waals surface area contributed by atoms with Gasteiger partial charge in [0.2, 0.25) is 5.91 Å². The Bertz CT molecular complexity index is 553. The number of amides is 1. The highest BCUT2D eigenvalue weighted by Gasteiger charge is 2.06. The predicted molar refractivity (Wildman–Crippen MR) is 76.9 cm³/mol. The van der Waals surface area contributed by atoms with E-state index in [4.69, 9.17) is 10.2 Å². The lowest BCUT2D eigenvalue weighted by Gasteiger charge is -2.08. The fourth-order valence-corrected chi connectivity index (χ4v) is 2.48. The zero-order valence-corrected chi connectivity index (χ0v) is 11.5. The molecular formula is C14H16N2O2S. The molecule has 0 radical (unpaired) electrons. The molecule has 1 heterocycles. The van der Waals surface area contributed by atoms with Crippen molar-refractivity contribution in [3.8, 4) is 0 Å². The Morgan fingerprint density at radius 2 is 2.21 bits per heavy atom. The molecule has 0 atom stereocenters. The van der Waals surface area contributed by atoms with Crippen molar-refractivity contribution < 1.29 is 9.21 Å². The lowest BCUT2D eigenvalue weighted by atomic mass is 10.2. The Labute approximate surface area is 116 Å². The largest absolute Gasteiger partial charge is 0.467 e. The van der Waals surface area contributed by atoms with Gasteiger partial charge in [-0.3, -0.25) is 4.79 Å². The Morgan fingerprint density at radius 1 is 1.37 bits per heavy atom. The molecule has 0 saturated carbocycles. The van der Waals surface area contributed by atoms with Crippen LogP contribution in [0.15, 0.2) is 45.9 Å². The van der Waals surface area contributed by atoms with E-state index in [2.05, 4.69) is 5.32 Å². The number of hydrogen-bond donors (Lipinski definition) is 2. The van der Waals surface area contributed by atoms with E-state index in [1.54, 1.807) is 12.3 Å². The first-order chi connectivity index (χ1) is 9.16. The molecule has 1 aromatic heterocycles. The summed E-state index contributed by atoms with van der Waals surface area (Å²) in [6, 6.07) is 9.35. The topological polar surface area (TPSA) is 68.3 Å². The quantitative estimate of drug-likeness (QED) is 0.650. The summed E-state index contributed by atoms with van der Waals surface area (Å²) < 4.78 is 5.14. The van der Waals surface area contributed by atoms with Crippen molar-refractivity contribution in [2.75, 3.05) is 11.5 Å². The fourth-order valence-electron chi connectivity index (χ4n) is 1.58. The van der Waals surface area contributed by atoms with Gasteiger partial charge in [-0.1, -0.05) is 6.07 Å². The first kappa shape index (κ1) is 13.5. The molecule has 3 N–H and O–H groups in total. The van der Waals surface area contributed by atoms with Crippen molar-refractivity contribution in [2.45, 2.75) is 18.4 Å². The average Bonchev–Trinajstić information content (AvgIpc) is 2.91. The van der Waals surface area contributed by atoms with Crippen LogP contribution in [0.2, 0.25) is 0 Å². The van der Waals surface area contributed by atoms with Crippen LogP contribution in [-0.2, 0) is 11.3 Å². The second kappa shape index (κ2) is 6.33. The van der Waals surface area contributed by atoms with Crippen LogP contribution in [0.3, 0.4) is 0 Å². The first-order valence-electron chi connectivity index (χ1n) is 5.94. The number of furan rings is 1. The molecule has 5 heteroatoms. The third kappa shape index (κ3) is 3.79. The van der Waals surface area contributed by atoms with Crippen LogP contribution in [0, 0.1) is 6.92 Å². The summed E-state index contributed by atoms with van der Waals surface area (Å²) in [5.74, 6) is 1.09. The zero-order valence-electron chi connectivity index (χ0n) is 10.7. The number of nitrogens with one attached hydrogen (secondary N) is 1. The predicted octanol–water partition coefficient (Wildman–Crippen LogP) is 2.58. The van der Waals surface area contributed by atoms with Gasteiger partial charge in [0.15, 0.2) is 0 Å². The number of nitrogens with two attached hydrogens (primary N) is 1. The molecule has 4 nitrogen and oxygen atoms in total. The Hall–Kier alpha value is -1.88. The Balaban J connectivity index is 1.81. The van der Waals surface area contributed by atoms with E-state index in [1.165, 1.54) is 11.8 Å². The van der Waals surface area contributed by atoms with Crippen LogP contribution in [0.5, 0.6) is 0 Å². The van der Waals surface area contributed by atoms with E-state index < -0.39 is 0 Å². The molecular weight excluding hydrogens is 260 g/mol. The molecule has 0 spiro atoms. The number of carbonyl (C=O) groups is 1.